The number of aromatic amines is 1. The van der Waals surface area contributed by atoms with E-state index in [0.29, 0.717) is 18.9 Å². The van der Waals surface area contributed by atoms with Gasteiger partial charge in [-0.2, -0.15) is 0 Å². The molecule has 0 unspecified atom stereocenters. The summed E-state index contributed by atoms with van der Waals surface area (Å²) < 4.78 is 0. The number of piperazine rings is 1. The van der Waals surface area contributed by atoms with Gasteiger partial charge in [-0.05, 0) is 36.4 Å². The maximum atomic E-state index is 12.3. The van der Waals surface area contributed by atoms with Crippen molar-refractivity contribution in [3.05, 3.63) is 45.7 Å². The summed E-state index contributed by atoms with van der Waals surface area (Å²) in [5, 5.41) is 1.07. The Bertz CT molecular complexity index is 817. The molecule has 1 aromatic heterocycles. The summed E-state index contributed by atoms with van der Waals surface area (Å²) in [7, 11) is 0. The van der Waals surface area contributed by atoms with E-state index in [1.54, 1.807) is 0 Å². The summed E-state index contributed by atoms with van der Waals surface area (Å²) in [6.07, 6.45) is 0.615. The Kier molecular flexibility index (Phi) is 5.23. The van der Waals surface area contributed by atoms with Crippen LogP contribution in [0.25, 0.3) is 10.9 Å². The van der Waals surface area contributed by atoms with Crippen molar-refractivity contribution >= 4 is 16.8 Å². The van der Waals surface area contributed by atoms with Crippen LogP contribution >= 0.6 is 0 Å². The molecule has 2 aromatic rings. The van der Waals surface area contributed by atoms with Gasteiger partial charge >= 0.3 is 0 Å². The molecule has 1 aliphatic rings. The second-order valence-corrected chi connectivity index (χ2v) is 7.47. The largest absolute Gasteiger partial charge is 0.340 e. The fraction of sp³-hybridized carbons (Fsp3) is 0.500. The van der Waals surface area contributed by atoms with Crippen LogP contribution in [0.3, 0.4) is 0 Å². The highest BCUT2D eigenvalue weighted by Crippen LogP contribution is 2.15. The Morgan fingerprint density at radius 2 is 1.88 bits per heavy atom. The SMILES string of the molecule is Cc1ccc2[nH]c(=O)c(CN3CCN(C(=O)CC(C)C)CC3)cc2c1. The summed E-state index contributed by atoms with van der Waals surface area (Å²) in [4.78, 5) is 31.7. The molecule has 0 aliphatic carbocycles. The lowest BCUT2D eigenvalue weighted by molar-refractivity contribution is -0.133. The predicted molar refractivity (Wildman–Crippen MR) is 101 cm³/mol. The molecule has 1 fully saturated rings. The molecular weight excluding hydrogens is 314 g/mol. The van der Waals surface area contributed by atoms with E-state index in [4.69, 9.17) is 0 Å². The second kappa shape index (κ2) is 7.40. The van der Waals surface area contributed by atoms with Crippen molar-refractivity contribution in [3.63, 3.8) is 0 Å². The molecule has 5 nitrogen and oxygen atoms in total. The van der Waals surface area contributed by atoms with Crippen molar-refractivity contribution < 1.29 is 4.79 Å². The number of fused-ring (bicyclic) bond motifs is 1. The quantitative estimate of drug-likeness (QED) is 0.930. The first-order chi connectivity index (χ1) is 11.9. The van der Waals surface area contributed by atoms with Gasteiger partial charge in [0.05, 0.1) is 0 Å². The Morgan fingerprint density at radius 1 is 1.16 bits per heavy atom. The Hall–Kier alpha value is -2.14. The van der Waals surface area contributed by atoms with Crippen molar-refractivity contribution in [1.82, 2.24) is 14.8 Å². The lowest BCUT2D eigenvalue weighted by Gasteiger charge is -2.35. The minimum absolute atomic E-state index is 0.0188. The van der Waals surface area contributed by atoms with Crippen LogP contribution in [-0.4, -0.2) is 46.9 Å². The lowest BCUT2D eigenvalue weighted by atomic mass is 10.1. The van der Waals surface area contributed by atoms with Gasteiger partial charge in [0.2, 0.25) is 5.91 Å². The first-order valence-corrected chi connectivity index (χ1v) is 9.05. The van der Waals surface area contributed by atoms with E-state index in [-0.39, 0.29) is 11.5 Å². The van der Waals surface area contributed by atoms with Gasteiger partial charge in [-0.25, -0.2) is 0 Å². The van der Waals surface area contributed by atoms with Crippen LogP contribution in [0.4, 0.5) is 0 Å². The van der Waals surface area contributed by atoms with E-state index in [9.17, 15) is 9.59 Å². The van der Waals surface area contributed by atoms with Crippen molar-refractivity contribution in [3.8, 4) is 0 Å². The monoisotopic (exact) mass is 341 g/mol. The number of carbonyl (C=O) groups excluding carboxylic acids is 1. The molecule has 1 aliphatic heterocycles. The van der Waals surface area contributed by atoms with E-state index in [2.05, 4.69) is 36.7 Å². The van der Waals surface area contributed by atoms with Gasteiger partial charge in [0.25, 0.3) is 5.56 Å². The molecule has 0 atom stereocenters. The summed E-state index contributed by atoms with van der Waals surface area (Å²) in [5.41, 5.74) is 2.83. The van der Waals surface area contributed by atoms with E-state index < -0.39 is 0 Å². The highest BCUT2D eigenvalue weighted by Gasteiger charge is 2.22. The Labute approximate surface area is 148 Å². The fourth-order valence-corrected chi connectivity index (χ4v) is 3.36. The minimum atomic E-state index is -0.0188. The Morgan fingerprint density at radius 3 is 2.56 bits per heavy atom. The number of aromatic nitrogens is 1. The number of H-pyrrole nitrogens is 1. The van der Waals surface area contributed by atoms with Gasteiger partial charge in [-0.15, -0.1) is 0 Å². The number of rotatable bonds is 4. The summed E-state index contributed by atoms with van der Waals surface area (Å²) in [6.45, 7) is 9.95. The molecular formula is C20H27N3O2. The van der Waals surface area contributed by atoms with Gasteiger partial charge < -0.3 is 9.88 Å². The zero-order valence-electron chi connectivity index (χ0n) is 15.3. The van der Waals surface area contributed by atoms with Gasteiger partial charge in [0.15, 0.2) is 0 Å². The predicted octanol–water partition coefficient (Wildman–Crippen LogP) is 2.53. The summed E-state index contributed by atoms with van der Waals surface area (Å²) in [6, 6.07) is 8.05. The normalized spacial score (nSPS) is 15.9. The molecule has 134 valence electrons. The zero-order valence-corrected chi connectivity index (χ0v) is 15.3. The number of hydrogen-bond acceptors (Lipinski definition) is 3. The van der Waals surface area contributed by atoms with E-state index in [1.165, 1.54) is 5.56 Å². The first-order valence-electron chi connectivity index (χ1n) is 9.05. The molecule has 1 aromatic carbocycles. The number of hydrogen-bond donors (Lipinski definition) is 1. The lowest BCUT2D eigenvalue weighted by Crippen LogP contribution is -2.48. The molecule has 5 heteroatoms. The van der Waals surface area contributed by atoms with Crippen LogP contribution in [-0.2, 0) is 11.3 Å². The van der Waals surface area contributed by atoms with Crippen LogP contribution in [0.2, 0.25) is 0 Å². The third kappa shape index (κ3) is 4.28. The topological polar surface area (TPSA) is 56.4 Å². The molecule has 2 heterocycles. The molecule has 25 heavy (non-hydrogen) atoms. The molecule has 0 spiro atoms. The summed E-state index contributed by atoms with van der Waals surface area (Å²) >= 11 is 0. The van der Waals surface area contributed by atoms with Crippen LogP contribution in [0.1, 0.15) is 31.4 Å². The van der Waals surface area contributed by atoms with Crippen molar-refractivity contribution in [1.29, 1.82) is 0 Å². The fourth-order valence-electron chi connectivity index (χ4n) is 3.36. The molecule has 1 amide bonds. The van der Waals surface area contributed by atoms with Crippen LogP contribution < -0.4 is 5.56 Å². The number of benzene rings is 1. The highest BCUT2D eigenvalue weighted by molar-refractivity contribution is 5.79. The highest BCUT2D eigenvalue weighted by atomic mass is 16.2. The molecule has 0 saturated carbocycles. The molecule has 3 rings (SSSR count). The molecule has 1 N–H and O–H groups in total. The van der Waals surface area contributed by atoms with Gasteiger partial charge in [-0.1, -0.05) is 25.5 Å². The standard InChI is InChI=1S/C20H27N3O2/c1-14(2)10-19(24)23-8-6-22(7-9-23)13-17-12-16-11-15(3)4-5-18(16)21-20(17)25/h4-5,11-12,14H,6-10,13H2,1-3H3,(H,21,25). The van der Waals surface area contributed by atoms with Gasteiger partial charge in [-0.3, -0.25) is 14.5 Å². The second-order valence-electron chi connectivity index (χ2n) is 7.47. The smallest absolute Gasteiger partial charge is 0.252 e. The minimum Gasteiger partial charge on any atom is -0.340 e. The maximum absolute atomic E-state index is 12.3. The number of nitrogens with one attached hydrogen (secondary N) is 1. The molecule has 0 bridgehead atoms. The molecule has 0 radical (unpaired) electrons. The third-order valence-corrected chi connectivity index (χ3v) is 4.78. The number of carbonyl (C=O) groups is 1. The number of pyridine rings is 1. The maximum Gasteiger partial charge on any atom is 0.252 e. The van der Waals surface area contributed by atoms with Crippen LogP contribution in [0.5, 0.6) is 0 Å². The molecule has 1 saturated heterocycles. The first kappa shape index (κ1) is 17.7. The van der Waals surface area contributed by atoms with Crippen molar-refractivity contribution in [2.45, 2.75) is 33.7 Å². The van der Waals surface area contributed by atoms with Crippen molar-refractivity contribution in [2.24, 2.45) is 5.92 Å². The number of nitrogens with zero attached hydrogens (tertiary/aromatic N) is 2. The third-order valence-electron chi connectivity index (χ3n) is 4.78. The van der Waals surface area contributed by atoms with Crippen LogP contribution in [0.15, 0.2) is 29.1 Å². The van der Waals surface area contributed by atoms with E-state index in [1.807, 2.05) is 23.1 Å². The number of aryl methyl sites for hydroxylation is 1. The van der Waals surface area contributed by atoms with E-state index >= 15 is 0 Å². The van der Waals surface area contributed by atoms with Gasteiger partial charge in [0, 0.05) is 50.2 Å². The average Bonchev–Trinajstić information content (AvgIpc) is 2.56. The summed E-state index contributed by atoms with van der Waals surface area (Å²) in [5.74, 6) is 0.638. The van der Waals surface area contributed by atoms with Gasteiger partial charge in [0.1, 0.15) is 0 Å². The average molecular weight is 341 g/mol. The Balaban J connectivity index is 1.66. The van der Waals surface area contributed by atoms with E-state index in [0.717, 1.165) is 42.6 Å². The number of amides is 1. The van der Waals surface area contributed by atoms with Crippen LogP contribution in [0, 0.1) is 12.8 Å². The van der Waals surface area contributed by atoms with Crippen molar-refractivity contribution in [2.75, 3.05) is 26.2 Å². The zero-order chi connectivity index (χ0) is 18.0.